The van der Waals surface area contributed by atoms with E-state index in [0.717, 1.165) is 14.9 Å². The Balaban J connectivity index is 2.67. The number of hydrogen-bond acceptors (Lipinski definition) is 3. The molecule has 0 saturated carbocycles. The van der Waals surface area contributed by atoms with E-state index >= 15 is 0 Å². The second kappa shape index (κ2) is 7.69. The van der Waals surface area contributed by atoms with E-state index in [0.29, 0.717) is 0 Å². The van der Waals surface area contributed by atoms with Crippen molar-refractivity contribution in [3.05, 3.63) is 28.2 Å². The molecule has 20 heavy (non-hydrogen) atoms. The van der Waals surface area contributed by atoms with Crippen LogP contribution in [-0.2, 0) is 9.59 Å². The number of carbonyl (C=O) groups is 2. The van der Waals surface area contributed by atoms with Gasteiger partial charge in [0.2, 0.25) is 5.91 Å². The van der Waals surface area contributed by atoms with Gasteiger partial charge in [0, 0.05) is 15.4 Å². The molecule has 0 aromatic heterocycles. The minimum atomic E-state index is -0.989. The lowest BCUT2D eigenvalue weighted by Crippen LogP contribution is -2.41. The van der Waals surface area contributed by atoms with Gasteiger partial charge in [-0.2, -0.15) is 0 Å². The molecular formula is C14H18BrNO3S. The lowest BCUT2D eigenvalue weighted by atomic mass is 10.2. The number of benzene rings is 1. The lowest BCUT2D eigenvalue weighted by molar-refractivity contribution is -0.144. The quantitative estimate of drug-likeness (QED) is 0.792. The predicted octanol–water partition coefficient (Wildman–Crippen LogP) is 3.17. The predicted molar refractivity (Wildman–Crippen MR) is 84.1 cm³/mol. The van der Waals surface area contributed by atoms with Gasteiger partial charge in [-0.1, -0.05) is 15.9 Å². The first kappa shape index (κ1) is 17.0. The Morgan fingerprint density at radius 3 is 2.55 bits per heavy atom. The molecule has 0 bridgehead atoms. The van der Waals surface area contributed by atoms with E-state index in [1.165, 1.54) is 16.7 Å². The van der Waals surface area contributed by atoms with E-state index in [4.69, 9.17) is 5.11 Å². The van der Waals surface area contributed by atoms with Crippen LogP contribution in [0.1, 0.15) is 19.4 Å². The minimum Gasteiger partial charge on any atom is -0.480 e. The Labute approximate surface area is 131 Å². The molecule has 0 aliphatic carbocycles. The molecule has 1 rings (SSSR count). The van der Waals surface area contributed by atoms with Crippen molar-refractivity contribution in [2.45, 2.75) is 31.7 Å². The molecule has 0 aliphatic heterocycles. The number of hydrogen-bond donors (Lipinski definition) is 1. The monoisotopic (exact) mass is 359 g/mol. The van der Waals surface area contributed by atoms with Crippen LogP contribution < -0.4 is 0 Å². The van der Waals surface area contributed by atoms with Crippen molar-refractivity contribution < 1.29 is 14.7 Å². The summed E-state index contributed by atoms with van der Waals surface area (Å²) in [6.45, 7) is 5.36. The zero-order chi connectivity index (χ0) is 15.3. The number of rotatable bonds is 6. The largest absolute Gasteiger partial charge is 0.480 e. The topological polar surface area (TPSA) is 57.6 Å². The van der Waals surface area contributed by atoms with Crippen molar-refractivity contribution in [3.8, 4) is 0 Å². The Bertz CT molecular complexity index is 505. The van der Waals surface area contributed by atoms with E-state index < -0.39 is 5.97 Å². The third-order valence-electron chi connectivity index (χ3n) is 2.74. The second-order valence-corrected chi connectivity index (χ2v) is 6.64. The molecule has 0 spiro atoms. The van der Waals surface area contributed by atoms with Gasteiger partial charge in [-0.15, -0.1) is 11.8 Å². The number of carboxylic acids is 1. The van der Waals surface area contributed by atoms with Gasteiger partial charge in [-0.3, -0.25) is 9.59 Å². The first-order valence-corrected chi connectivity index (χ1v) is 7.99. The number of nitrogens with zero attached hydrogens (tertiary/aromatic N) is 1. The minimum absolute atomic E-state index is 0.120. The van der Waals surface area contributed by atoms with E-state index in [-0.39, 0.29) is 24.2 Å². The van der Waals surface area contributed by atoms with Gasteiger partial charge in [0.25, 0.3) is 0 Å². The van der Waals surface area contributed by atoms with Gasteiger partial charge in [0.15, 0.2) is 0 Å². The maximum atomic E-state index is 12.1. The van der Waals surface area contributed by atoms with Crippen molar-refractivity contribution in [1.82, 2.24) is 4.90 Å². The van der Waals surface area contributed by atoms with Crippen molar-refractivity contribution >= 4 is 39.6 Å². The summed E-state index contributed by atoms with van der Waals surface area (Å²) in [7, 11) is 0. The van der Waals surface area contributed by atoms with E-state index in [9.17, 15) is 9.59 Å². The molecule has 4 nitrogen and oxygen atoms in total. The average molecular weight is 360 g/mol. The summed E-state index contributed by atoms with van der Waals surface area (Å²) in [5.74, 6) is -0.903. The highest BCUT2D eigenvalue weighted by atomic mass is 79.9. The number of carboxylic acid groups (broad SMARTS) is 1. The summed E-state index contributed by atoms with van der Waals surface area (Å²) >= 11 is 4.83. The van der Waals surface area contributed by atoms with E-state index in [2.05, 4.69) is 15.9 Å². The molecule has 1 aromatic rings. The summed E-state index contributed by atoms with van der Waals surface area (Å²) in [6.07, 6.45) is 0. The highest BCUT2D eigenvalue weighted by Gasteiger charge is 2.19. The maximum Gasteiger partial charge on any atom is 0.323 e. The van der Waals surface area contributed by atoms with Crippen molar-refractivity contribution in [2.75, 3.05) is 12.3 Å². The molecule has 1 aromatic carbocycles. The Kier molecular flexibility index (Phi) is 6.55. The van der Waals surface area contributed by atoms with Crippen molar-refractivity contribution in [1.29, 1.82) is 0 Å². The van der Waals surface area contributed by atoms with Crippen LogP contribution in [0.5, 0.6) is 0 Å². The van der Waals surface area contributed by atoms with Gasteiger partial charge in [-0.25, -0.2) is 0 Å². The van der Waals surface area contributed by atoms with E-state index in [1.807, 2.05) is 39.0 Å². The number of halogens is 1. The smallest absolute Gasteiger partial charge is 0.323 e. The van der Waals surface area contributed by atoms with Crippen LogP contribution in [0, 0.1) is 6.92 Å². The fourth-order valence-electron chi connectivity index (χ4n) is 1.70. The molecule has 0 saturated heterocycles. The van der Waals surface area contributed by atoms with Crippen molar-refractivity contribution in [2.24, 2.45) is 0 Å². The normalized spacial score (nSPS) is 10.7. The first-order chi connectivity index (χ1) is 9.31. The number of aliphatic carboxylic acids is 1. The standard InChI is InChI=1S/C14H18BrNO3S/c1-9(2)16(7-14(18)19)13(17)8-20-12-5-4-11(15)6-10(12)3/h4-6,9H,7-8H2,1-3H3,(H,18,19). The molecule has 0 aliphatic rings. The number of aryl methyl sites for hydroxylation is 1. The van der Waals surface area contributed by atoms with Crippen LogP contribution in [-0.4, -0.2) is 40.2 Å². The highest BCUT2D eigenvalue weighted by molar-refractivity contribution is 9.10. The van der Waals surface area contributed by atoms with E-state index in [1.54, 1.807) is 0 Å². The third-order valence-corrected chi connectivity index (χ3v) is 4.39. The molecule has 0 radical (unpaired) electrons. The molecule has 6 heteroatoms. The fraction of sp³-hybridized carbons (Fsp3) is 0.429. The molecule has 1 amide bonds. The number of carbonyl (C=O) groups excluding carboxylic acids is 1. The third kappa shape index (κ3) is 5.17. The van der Waals surface area contributed by atoms with Gasteiger partial charge >= 0.3 is 5.97 Å². The molecule has 0 unspecified atom stereocenters. The summed E-state index contributed by atoms with van der Waals surface area (Å²) in [5.41, 5.74) is 1.09. The molecule has 0 heterocycles. The van der Waals surface area contributed by atoms with Crippen LogP contribution >= 0.6 is 27.7 Å². The second-order valence-electron chi connectivity index (χ2n) is 4.71. The maximum absolute atomic E-state index is 12.1. The Hall–Kier alpha value is -1.01. The van der Waals surface area contributed by atoms with Crippen LogP contribution in [0.4, 0.5) is 0 Å². The Morgan fingerprint density at radius 1 is 1.40 bits per heavy atom. The molecule has 110 valence electrons. The van der Waals surface area contributed by atoms with Crippen LogP contribution in [0.15, 0.2) is 27.6 Å². The van der Waals surface area contributed by atoms with Crippen LogP contribution in [0.2, 0.25) is 0 Å². The van der Waals surface area contributed by atoms with Crippen LogP contribution in [0.25, 0.3) is 0 Å². The first-order valence-electron chi connectivity index (χ1n) is 6.21. The van der Waals surface area contributed by atoms with Gasteiger partial charge in [0.05, 0.1) is 5.75 Å². The number of amides is 1. The molecule has 0 atom stereocenters. The summed E-state index contributed by atoms with van der Waals surface area (Å²) < 4.78 is 1.00. The van der Waals surface area contributed by atoms with Gasteiger partial charge < -0.3 is 10.0 Å². The summed E-state index contributed by atoms with van der Waals surface area (Å²) in [4.78, 5) is 25.3. The van der Waals surface area contributed by atoms with Crippen molar-refractivity contribution in [3.63, 3.8) is 0 Å². The average Bonchev–Trinajstić information content (AvgIpc) is 2.34. The number of thioether (sulfide) groups is 1. The Morgan fingerprint density at radius 2 is 2.05 bits per heavy atom. The van der Waals surface area contributed by atoms with Crippen LogP contribution in [0.3, 0.4) is 0 Å². The zero-order valence-electron chi connectivity index (χ0n) is 11.7. The fourth-order valence-corrected chi connectivity index (χ4v) is 3.07. The van der Waals surface area contributed by atoms with Gasteiger partial charge in [0.1, 0.15) is 6.54 Å². The zero-order valence-corrected chi connectivity index (χ0v) is 14.1. The molecule has 1 N–H and O–H groups in total. The highest BCUT2D eigenvalue weighted by Crippen LogP contribution is 2.25. The van der Waals surface area contributed by atoms with Gasteiger partial charge in [-0.05, 0) is 44.5 Å². The summed E-state index contributed by atoms with van der Waals surface area (Å²) in [5, 5.41) is 8.84. The molecule has 0 fully saturated rings. The lowest BCUT2D eigenvalue weighted by Gasteiger charge is -2.24. The summed E-state index contributed by atoms with van der Waals surface area (Å²) in [6, 6.07) is 5.75. The molecular weight excluding hydrogens is 342 g/mol. The SMILES string of the molecule is Cc1cc(Br)ccc1SCC(=O)N(CC(=O)O)C(C)C.